The Kier molecular flexibility index (Phi) is 6.80. The molecular formula is C14H27N5O2. The number of anilines is 2. The molecular weight excluding hydrogens is 270 g/mol. The Balaban J connectivity index is 2.73. The van der Waals surface area contributed by atoms with Gasteiger partial charge in [0, 0.05) is 19.2 Å². The van der Waals surface area contributed by atoms with Crippen LogP contribution in [0.4, 0.5) is 11.6 Å². The molecule has 0 radical (unpaired) electrons. The molecule has 120 valence electrons. The fourth-order valence-corrected chi connectivity index (χ4v) is 2.15. The van der Waals surface area contributed by atoms with Crippen molar-refractivity contribution in [3.05, 3.63) is 11.9 Å². The van der Waals surface area contributed by atoms with Crippen molar-refractivity contribution in [2.75, 3.05) is 23.9 Å². The summed E-state index contributed by atoms with van der Waals surface area (Å²) in [6, 6.07) is 1.70. The molecule has 7 nitrogen and oxygen atoms in total. The van der Waals surface area contributed by atoms with E-state index in [1.165, 1.54) is 0 Å². The highest BCUT2D eigenvalue weighted by Gasteiger charge is 2.21. The smallest absolute Gasteiger partial charge is 0.158 e. The van der Waals surface area contributed by atoms with Crippen LogP contribution in [-0.2, 0) is 11.3 Å². The Bertz CT molecular complexity index is 437. The quantitative estimate of drug-likeness (QED) is 0.404. The lowest BCUT2D eigenvalue weighted by atomic mass is 9.94. The van der Waals surface area contributed by atoms with Crippen LogP contribution in [0.25, 0.3) is 0 Å². The average molecular weight is 297 g/mol. The van der Waals surface area contributed by atoms with Gasteiger partial charge in [0.05, 0.1) is 5.60 Å². The fraction of sp³-hybridized carbons (Fsp3) is 0.714. The molecule has 1 unspecified atom stereocenters. The first-order valence-corrected chi connectivity index (χ1v) is 7.25. The number of hydrogen-bond donors (Lipinski definition) is 4. The maximum absolute atomic E-state index is 10.3. The minimum atomic E-state index is -0.796. The van der Waals surface area contributed by atoms with Crippen molar-refractivity contribution in [2.24, 2.45) is 11.8 Å². The molecule has 0 fully saturated rings. The second-order valence-corrected chi connectivity index (χ2v) is 5.78. The van der Waals surface area contributed by atoms with Gasteiger partial charge >= 0.3 is 0 Å². The number of nitrogens with one attached hydrogen (secondary N) is 2. The van der Waals surface area contributed by atoms with Gasteiger partial charge in [-0.15, -0.1) is 0 Å². The molecule has 5 N–H and O–H groups in total. The van der Waals surface area contributed by atoms with E-state index in [1.54, 1.807) is 6.07 Å². The van der Waals surface area contributed by atoms with E-state index >= 15 is 0 Å². The van der Waals surface area contributed by atoms with Crippen molar-refractivity contribution in [1.29, 1.82) is 0 Å². The van der Waals surface area contributed by atoms with Crippen LogP contribution >= 0.6 is 0 Å². The number of nitrogens with two attached hydrogens (primary N) is 1. The fourth-order valence-electron chi connectivity index (χ4n) is 2.15. The van der Waals surface area contributed by atoms with Crippen LogP contribution < -0.4 is 16.6 Å². The molecule has 1 heterocycles. The number of hydrogen-bond acceptors (Lipinski definition) is 7. The van der Waals surface area contributed by atoms with E-state index in [0.717, 1.165) is 0 Å². The normalized spacial score (nSPS) is 14.0. The predicted octanol–water partition coefficient (Wildman–Crippen LogP) is 1.51. The second kappa shape index (κ2) is 8.11. The second-order valence-electron chi connectivity index (χ2n) is 5.78. The van der Waals surface area contributed by atoms with E-state index in [9.17, 15) is 5.11 Å². The molecule has 1 rings (SSSR count). The molecule has 0 spiro atoms. The van der Waals surface area contributed by atoms with Crippen LogP contribution in [0.3, 0.4) is 0 Å². The molecule has 0 saturated heterocycles. The van der Waals surface area contributed by atoms with Crippen LogP contribution in [0, 0.1) is 5.92 Å². The minimum absolute atomic E-state index is 0.323. The lowest BCUT2D eigenvalue weighted by molar-refractivity contribution is 0.0514. The van der Waals surface area contributed by atoms with E-state index < -0.39 is 5.60 Å². The Morgan fingerprint density at radius 3 is 2.62 bits per heavy atom. The molecule has 0 aliphatic carbocycles. The Hall–Kier alpha value is -1.44. The van der Waals surface area contributed by atoms with Crippen molar-refractivity contribution < 1.29 is 9.84 Å². The SMILES string of the molecule is CCOCc1nc(NN)cc(NCC(C)(O)CC(C)C)n1. The van der Waals surface area contributed by atoms with Gasteiger partial charge in [0.25, 0.3) is 0 Å². The third-order valence-electron chi connectivity index (χ3n) is 2.85. The lowest BCUT2D eigenvalue weighted by Gasteiger charge is -2.26. The van der Waals surface area contributed by atoms with Crippen LogP contribution in [0.1, 0.15) is 39.9 Å². The number of nitrogen functional groups attached to an aromatic ring is 1. The predicted molar refractivity (Wildman–Crippen MR) is 83.7 cm³/mol. The van der Waals surface area contributed by atoms with Gasteiger partial charge in [0.15, 0.2) is 5.82 Å². The van der Waals surface area contributed by atoms with Gasteiger partial charge in [-0.05, 0) is 26.2 Å². The van der Waals surface area contributed by atoms with Crippen LogP contribution in [0.2, 0.25) is 0 Å². The molecule has 0 aliphatic heterocycles. The summed E-state index contributed by atoms with van der Waals surface area (Å²) in [6.45, 7) is 9.20. The molecule has 0 amide bonds. The van der Waals surface area contributed by atoms with Crippen LogP contribution in [-0.4, -0.2) is 33.8 Å². The van der Waals surface area contributed by atoms with Gasteiger partial charge in [0.1, 0.15) is 18.2 Å². The molecule has 0 aliphatic rings. The molecule has 1 aromatic rings. The van der Waals surface area contributed by atoms with Gasteiger partial charge in [-0.2, -0.15) is 0 Å². The maximum Gasteiger partial charge on any atom is 0.158 e. The molecule has 7 heteroatoms. The highest BCUT2D eigenvalue weighted by Crippen LogP contribution is 2.18. The highest BCUT2D eigenvalue weighted by atomic mass is 16.5. The van der Waals surface area contributed by atoms with E-state index in [-0.39, 0.29) is 0 Å². The van der Waals surface area contributed by atoms with E-state index in [0.29, 0.717) is 49.6 Å². The molecule has 0 aromatic carbocycles. The topological polar surface area (TPSA) is 105 Å². The largest absolute Gasteiger partial charge is 0.388 e. The zero-order valence-corrected chi connectivity index (χ0v) is 13.3. The van der Waals surface area contributed by atoms with Gasteiger partial charge in [-0.25, -0.2) is 15.8 Å². The number of ether oxygens (including phenoxy) is 1. The first-order chi connectivity index (χ1) is 9.86. The van der Waals surface area contributed by atoms with E-state index in [2.05, 4.69) is 34.6 Å². The number of hydrazine groups is 1. The summed E-state index contributed by atoms with van der Waals surface area (Å²) in [5, 5.41) is 13.4. The Morgan fingerprint density at radius 1 is 1.38 bits per heavy atom. The van der Waals surface area contributed by atoms with Crippen LogP contribution in [0.5, 0.6) is 0 Å². The molecule has 1 atom stereocenters. The van der Waals surface area contributed by atoms with Crippen LogP contribution in [0.15, 0.2) is 6.07 Å². The summed E-state index contributed by atoms with van der Waals surface area (Å²) in [4.78, 5) is 8.55. The molecule has 0 saturated carbocycles. The number of nitrogens with zero attached hydrogens (tertiary/aromatic N) is 2. The maximum atomic E-state index is 10.3. The summed E-state index contributed by atoms with van der Waals surface area (Å²) < 4.78 is 5.30. The van der Waals surface area contributed by atoms with Crippen molar-refractivity contribution in [2.45, 2.75) is 46.3 Å². The third-order valence-corrected chi connectivity index (χ3v) is 2.85. The Labute approximate surface area is 126 Å². The van der Waals surface area contributed by atoms with Crippen molar-refractivity contribution in [1.82, 2.24) is 9.97 Å². The van der Waals surface area contributed by atoms with Crippen molar-refractivity contribution in [3.63, 3.8) is 0 Å². The minimum Gasteiger partial charge on any atom is -0.388 e. The average Bonchev–Trinajstić information content (AvgIpc) is 2.41. The molecule has 21 heavy (non-hydrogen) atoms. The lowest BCUT2D eigenvalue weighted by Crippen LogP contribution is -2.35. The van der Waals surface area contributed by atoms with E-state index in [1.807, 2.05) is 13.8 Å². The van der Waals surface area contributed by atoms with Crippen molar-refractivity contribution >= 4 is 11.6 Å². The zero-order valence-electron chi connectivity index (χ0n) is 13.3. The summed E-state index contributed by atoms with van der Waals surface area (Å²) >= 11 is 0. The monoisotopic (exact) mass is 297 g/mol. The van der Waals surface area contributed by atoms with Gasteiger partial charge < -0.3 is 20.6 Å². The number of aromatic nitrogens is 2. The van der Waals surface area contributed by atoms with Gasteiger partial charge in [-0.3, -0.25) is 0 Å². The standard InChI is InChI=1S/C14H27N5O2/c1-5-21-8-13-17-11(6-12(18-13)19-15)16-9-14(4,20)7-10(2)3/h6,10,20H,5,7-9,15H2,1-4H3,(H2,16,17,18,19). The van der Waals surface area contributed by atoms with Gasteiger partial charge in [-0.1, -0.05) is 13.8 Å². The summed E-state index contributed by atoms with van der Waals surface area (Å²) in [5.74, 6) is 7.48. The number of rotatable bonds is 9. The van der Waals surface area contributed by atoms with Crippen molar-refractivity contribution in [3.8, 4) is 0 Å². The molecule has 1 aromatic heterocycles. The summed E-state index contributed by atoms with van der Waals surface area (Å²) in [5.41, 5.74) is 1.71. The first-order valence-electron chi connectivity index (χ1n) is 7.25. The summed E-state index contributed by atoms with van der Waals surface area (Å²) in [6.07, 6.45) is 0.707. The van der Waals surface area contributed by atoms with Gasteiger partial charge in [0.2, 0.25) is 0 Å². The molecule has 0 bridgehead atoms. The zero-order chi connectivity index (χ0) is 15.9. The highest BCUT2D eigenvalue weighted by molar-refractivity contribution is 5.47. The number of aliphatic hydroxyl groups is 1. The third kappa shape index (κ3) is 6.70. The first kappa shape index (κ1) is 17.6. The van der Waals surface area contributed by atoms with E-state index in [4.69, 9.17) is 10.6 Å². The summed E-state index contributed by atoms with van der Waals surface area (Å²) in [7, 11) is 0. The Morgan fingerprint density at radius 2 is 2.05 bits per heavy atom.